The van der Waals surface area contributed by atoms with Crippen molar-refractivity contribution in [1.29, 1.82) is 0 Å². The normalized spacial score (nSPS) is 11.4. The standard InChI is InChI=1S/C10H14O.C2H6/c1-9(8-11-2)10-6-4-3-5-7-10;1-2/h3-7,9H,8H2,1-2H3;1-2H3/t9-;/m0./s1. The van der Waals surface area contributed by atoms with Crippen LogP contribution in [0.15, 0.2) is 30.3 Å². The highest BCUT2D eigenvalue weighted by atomic mass is 16.5. The van der Waals surface area contributed by atoms with E-state index < -0.39 is 0 Å². The van der Waals surface area contributed by atoms with Crippen LogP contribution in [0.2, 0.25) is 0 Å². The average molecular weight is 180 g/mol. The Morgan fingerprint density at radius 1 is 1.15 bits per heavy atom. The first-order valence-electron chi connectivity index (χ1n) is 4.88. The van der Waals surface area contributed by atoms with E-state index in [-0.39, 0.29) is 0 Å². The van der Waals surface area contributed by atoms with E-state index >= 15 is 0 Å². The van der Waals surface area contributed by atoms with Crippen LogP contribution in [0.4, 0.5) is 0 Å². The molecule has 0 aliphatic rings. The minimum atomic E-state index is 0.501. The summed E-state index contributed by atoms with van der Waals surface area (Å²) in [5, 5.41) is 0. The molecule has 0 amide bonds. The summed E-state index contributed by atoms with van der Waals surface area (Å²) >= 11 is 0. The molecule has 1 aromatic carbocycles. The van der Waals surface area contributed by atoms with Gasteiger partial charge in [0.05, 0.1) is 6.61 Å². The molecule has 13 heavy (non-hydrogen) atoms. The molecule has 0 unspecified atom stereocenters. The number of hydrogen-bond acceptors (Lipinski definition) is 1. The first kappa shape index (κ1) is 12.2. The minimum Gasteiger partial charge on any atom is -0.384 e. The zero-order chi connectivity index (χ0) is 10.1. The molecule has 0 aliphatic carbocycles. The Morgan fingerprint density at radius 2 is 1.69 bits per heavy atom. The van der Waals surface area contributed by atoms with E-state index in [2.05, 4.69) is 31.2 Å². The van der Waals surface area contributed by atoms with Crippen LogP contribution in [0, 0.1) is 0 Å². The van der Waals surface area contributed by atoms with Crippen LogP contribution in [-0.2, 0) is 4.74 Å². The fraction of sp³-hybridized carbons (Fsp3) is 0.500. The molecule has 1 atom stereocenters. The lowest BCUT2D eigenvalue weighted by Crippen LogP contribution is -2.00. The second-order valence-electron chi connectivity index (χ2n) is 2.77. The number of methoxy groups -OCH3 is 1. The predicted molar refractivity (Wildman–Crippen MR) is 58.1 cm³/mol. The molecular formula is C12H20O. The summed E-state index contributed by atoms with van der Waals surface area (Å²) in [6.07, 6.45) is 0. The average Bonchev–Trinajstić information content (AvgIpc) is 2.23. The minimum absolute atomic E-state index is 0.501. The van der Waals surface area contributed by atoms with Gasteiger partial charge in [-0.05, 0) is 5.56 Å². The Kier molecular flexibility index (Phi) is 7.32. The number of ether oxygens (including phenoxy) is 1. The van der Waals surface area contributed by atoms with Gasteiger partial charge in [0.2, 0.25) is 0 Å². The van der Waals surface area contributed by atoms with E-state index in [1.54, 1.807) is 7.11 Å². The maximum absolute atomic E-state index is 5.06. The van der Waals surface area contributed by atoms with Gasteiger partial charge in [0.15, 0.2) is 0 Å². The summed E-state index contributed by atoms with van der Waals surface area (Å²) in [6, 6.07) is 10.4. The van der Waals surface area contributed by atoms with Crippen LogP contribution < -0.4 is 0 Å². The van der Waals surface area contributed by atoms with Gasteiger partial charge >= 0.3 is 0 Å². The smallest absolute Gasteiger partial charge is 0.0528 e. The molecule has 0 saturated heterocycles. The monoisotopic (exact) mass is 180 g/mol. The van der Waals surface area contributed by atoms with Crippen molar-refractivity contribution in [3.05, 3.63) is 35.9 Å². The Balaban J connectivity index is 0.000000671. The zero-order valence-electron chi connectivity index (χ0n) is 9.08. The third-order valence-electron chi connectivity index (χ3n) is 1.79. The first-order valence-corrected chi connectivity index (χ1v) is 4.88. The van der Waals surface area contributed by atoms with Crippen LogP contribution in [0.1, 0.15) is 32.3 Å². The van der Waals surface area contributed by atoms with E-state index in [0.29, 0.717) is 5.92 Å². The fourth-order valence-electron chi connectivity index (χ4n) is 1.13. The molecule has 0 heterocycles. The molecular weight excluding hydrogens is 160 g/mol. The van der Waals surface area contributed by atoms with Crippen molar-refractivity contribution < 1.29 is 4.74 Å². The molecule has 1 heteroatoms. The largest absolute Gasteiger partial charge is 0.384 e. The molecule has 0 saturated carbocycles. The maximum Gasteiger partial charge on any atom is 0.0528 e. The molecule has 1 aromatic rings. The summed E-state index contributed by atoms with van der Waals surface area (Å²) < 4.78 is 5.06. The van der Waals surface area contributed by atoms with Gasteiger partial charge in [-0.15, -0.1) is 0 Å². The molecule has 0 radical (unpaired) electrons. The second-order valence-corrected chi connectivity index (χ2v) is 2.77. The topological polar surface area (TPSA) is 9.23 Å². The number of rotatable bonds is 3. The molecule has 1 rings (SSSR count). The Morgan fingerprint density at radius 3 is 2.15 bits per heavy atom. The van der Waals surface area contributed by atoms with Gasteiger partial charge in [-0.3, -0.25) is 0 Å². The van der Waals surface area contributed by atoms with Crippen molar-refractivity contribution in [2.75, 3.05) is 13.7 Å². The molecule has 0 fully saturated rings. The Hall–Kier alpha value is -0.820. The van der Waals surface area contributed by atoms with Crippen molar-refractivity contribution in [2.45, 2.75) is 26.7 Å². The predicted octanol–water partition coefficient (Wildman–Crippen LogP) is 3.46. The summed E-state index contributed by atoms with van der Waals surface area (Å²) in [5.74, 6) is 0.501. The van der Waals surface area contributed by atoms with Crippen LogP contribution >= 0.6 is 0 Å². The van der Waals surface area contributed by atoms with Gasteiger partial charge in [0, 0.05) is 13.0 Å². The SMILES string of the molecule is CC.COC[C@H](C)c1ccccc1. The second kappa shape index (κ2) is 7.81. The van der Waals surface area contributed by atoms with E-state index in [9.17, 15) is 0 Å². The van der Waals surface area contributed by atoms with Gasteiger partial charge in [-0.25, -0.2) is 0 Å². The van der Waals surface area contributed by atoms with Gasteiger partial charge in [0.1, 0.15) is 0 Å². The molecule has 0 N–H and O–H groups in total. The van der Waals surface area contributed by atoms with E-state index in [1.807, 2.05) is 19.9 Å². The molecule has 1 nitrogen and oxygen atoms in total. The van der Waals surface area contributed by atoms with Crippen LogP contribution in [0.25, 0.3) is 0 Å². The van der Waals surface area contributed by atoms with Gasteiger partial charge in [-0.1, -0.05) is 51.1 Å². The van der Waals surface area contributed by atoms with Gasteiger partial charge in [0.25, 0.3) is 0 Å². The summed E-state index contributed by atoms with van der Waals surface area (Å²) in [5.41, 5.74) is 1.34. The molecule has 0 spiro atoms. The summed E-state index contributed by atoms with van der Waals surface area (Å²) in [6.45, 7) is 6.96. The van der Waals surface area contributed by atoms with E-state index in [1.165, 1.54) is 5.56 Å². The van der Waals surface area contributed by atoms with Crippen molar-refractivity contribution in [3.8, 4) is 0 Å². The van der Waals surface area contributed by atoms with Crippen LogP contribution in [0.5, 0.6) is 0 Å². The molecule has 0 bridgehead atoms. The Labute approximate surface area is 81.7 Å². The maximum atomic E-state index is 5.06. The molecule has 74 valence electrons. The van der Waals surface area contributed by atoms with E-state index in [4.69, 9.17) is 4.74 Å². The highest BCUT2D eigenvalue weighted by Crippen LogP contribution is 2.13. The highest BCUT2D eigenvalue weighted by molar-refractivity contribution is 5.18. The van der Waals surface area contributed by atoms with Crippen molar-refractivity contribution in [1.82, 2.24) is 0 Å². The van der Waals surface area contributed by atoms with Crippen molar-refractivity contribution in [2.24, 2.45) is 0 Å². The lowest BCUT2D eigenvalue weighted by molar-refractivity contribution is 0.184. The zero-order valence-corrected chi connectivity index (χ0v) is 9.08. The summed E-state index contributed by atoms with van der Waals surface area (Å²) in [7, 11) is 1.74. The quantitative estimate of drug-likeness (QED) is 0.692. The lowest BCUT2D eigenvalue weighted by atomic mass is 10.0. The van der Waals surface area contributed by atoms with Crippen molar-refractivity contribution in [3.63, 3.8) is 0 Å². The Bertz CT molecular complexity index is 194. The third kappa shape index (κ3) is 4.69. The first-order chi connectivity index (χ1) is 6.34. The van der Waals surface area contributed by atoms with Crippen LogP contribution in [0.3, 0.4) is 0 Å². The molecule has 0 aliphatic heterocycles. The summed E-state index contributed by atoms with van der Waals surface area (Å²) in [4.78, 5) is 0. The highest BCUT2D eigenvalue weighted by Gasteiger charge is 2.01. The van der Waals surface area contributed by atoms with Gasteiger partial charge < -0.3 is 4.74 Å². The van der Waals surface area contributed by atoms with Crippen molar-refractivity contribution >= 4 is 0 Å². The number of hydrogen-bond donors (Lipinski definition) is 0. The lowest BCUT2D eigenvalue weighted by Gasteiger charge is -2.09. The van der Waals surface area contributed by atoms with Crippen LogP contribution in [-0.4, -0.2) is 13.7 Å². The van der Waals surface area contributed by atoms with E-state index in [0.717, 1.165) is 6.61 Å². The molecule has 0 aromatic heterocycles. The number of benzene rings is 1. The fourth-order valence-corrected chi connectivity index (χ4v) is 1.13. The third-order valence-corrected chi connectivity index (χ3v) is 1.79. The van der Waals surface area contributed by atoms with Gasteiger partial charge in [-0.2, -0.15) is 0 Å².